The second kappa shape index (κ2) is 5.05. The summed E-state index contributed by atoms with van der Waals surface area (Å²) >= 11 is 5.46. The summed E-state index contributed by atoms with van der Waals surface area (Å²) in [5.74, 6) is 0.863. The molecule has 0 aromatic carbocycles. The Labute approximate surface area is 78.8 Å². The molecule has 0 aliphatic rings. The molecule has 0 rings (SSSR count). The lowest BCUT2D eigenvalue weighted by Crippen LogP contribution is -2.18. The van der Waals surface area contributed by atoms with Gasteiger partial charge < -0.3 is 4.74 Å². The first kappa shape index (κ1) is 11.3. The van der Waals surface area contributed by atoms with Crippen molar-refractivity contribution in [3.8, 4) is 6.07 Å². The number of hydrogen-bond donors (Lipinski definition) is 0. The molecule has 0 atom stereocenters. The van der Waals surface area contributed by atoms with Gasteiger partial charge in [-0.05, 0) is 33.3 Å². The monoisotopic (exact) mass is 187 g/mol. The summed E-state index contributed by atoms with van der Waals surface area (Å²) in [6, 6.07) is 1.97. The Morgan fingerprint density at radius 3 is 2.50 bits per heavy atom. The van der Waals surface area contributed by atoms with Crippen molar-refractivity contribution in [1.29, 1.82) is 5.26 Å². The lowest BCUT2D eigenvalue weighted by molar-refractivity contribution is 0.0611. The van der Waals surface area contributed by atoms with Crippen LogP contribution in [0.5, 0.6) is 0 Å². The van der Waals surface area contributed by atoms with Crippen LogP contribution in [0.2, 0.25) is 0 Å². The van der Waals surface area contributed by atoms with Gasteiger partial charge in [0.15, 0.2) is 5.76 Å². The van der Waals surface area contributed by atoms with E-state index >= 15 is 0 Å². The van der Waals surface area contributed by atoms with Crippen LogP contribution in [0.1, 0.15) is 27.2 Å². The van der Waals surface area contributed by atoms with Crippen LogP contribution in [0.25, 0.3) is 0 Å². The molecule has 0 spiro atoms. The third-order valence-corrected chi connectivity index (χ3v) is 1.18. The van der Waals surface area contributed by atoms with Crippen LogP contribution in [-0.2, 0) is 4.74 Å². The maximum absolute atomic E-state index is 8.63. The lowest BCUT2D eigenvalue weighted by Gasteiger charge is -2.19. The van der Waals surface area contributed by atoms with E-state index in [1.165, 1.54) is 0 Å². The fourth-order valence-corrected chi connectivity index (χ4v) is 0.735. The number of nitrogens with zero attached hydrogens (tertiary/aromatic N) is 1. The molecule has 0 unspecified atom stereocenters. The van der Waals surface area contributed by atoms with Crippen LogP contribution in [0.3, 0.4) is 0 Å². The predicted molar refractivity (Wildman–Crippen MR) is 49.9 cm³/mol. The Morgan fingerprint density at radius 2 is 2.17 bits per heavy atom. The van der Waals surface area contributed by atoms with Gasteiger partial charge in [0.05, 0.1) is 0 Å². The highest BCUT2D eigenvalue weighted by Crippen LogP contribution is 2.13. The Bertz CT molecular complexity index is 198. The molecule has 2 nitrogen and oxygen atoms in total. The largest absolute Gasteiger partial charge is 0.478 e. The van der Waals surface area contributed by atoms with Crippen LogP contribution in [0.4, 0.5) is 0 Å². The molecule has 0 heterocycles. The number of allylic oxidation sites excluding steroid dienone is 2. The molecule has 0 bridgehead atoms. The number of alkyl halides is 1. The van der Waals surface area contributed by atoms with E-state index in [4.69, 9.17) is 21.6 Å². The number of nitriles is 1. The first-order valence-electron chi connectivity index (χ1n) is 3.85. The van der Waals surface area contributed by atoms with E-state index in [2.05, 4.69) is 0 Å². The zero-order chi connectivity index (χ0) is 9.61. The first-order chi connectivity index (χ1) is 5.49. The van der Waals surface area contributed by atoms with Crippen LogP contribution in [0, 0.1) is 11.3 Å². The van der Waals surface area contributed by atoms with Crippen molar-refractivity contribution in [2.75, 3.05) is 5.88 Å². The number of halogens is 1. The van der Waals surface area contributed by atoms with E-state index in [9.17, 15) is 0 Å². The van der Waals surface area contributed by atoms with Crippen molar-refractivity contribution in [1.82, 2.24) is 0 Å². The normalized spacial score (nSPS) is 12.4. The van der Waals surface area contributed by atoms with E-state index in [0.29, 0.717) is 18.1 Å². The Kier molecular flexibility index (Phi) is 4.77. The van der Waals surface area contributed by atoms with Crippen molar-refractivity contribution < 1.29 is 4.74 Å². The number of ether oxygens (including phenoxy) is 1. The Morgan fingerprint density at radius 1 is 1.58 bits per heavy atom. The molecular formula is C9H14ClNO. The van der Waals surface area contributed by atoms with Crippen molar-refractivity contribution in [2.24, 2.45) is 0 Å². The minimum absolute atomic E-state index is 0.312. The predicted octanol–water partition coefficient (Wildman–Crippen LogP) is 2.84. The molecule has 0 aliphatic heterocycles. The number of rotatable bonds is 3. The van der Waals surface area contributed by atoms with E-state index < -0.39 is 0 Å². The molecule has 0 N–H and O–H groups in total. The summed E-state index contributed by atoms with van der Waals surface area (Å²) in [5, 5.41) is 8.63. The van der Waals surface area contributed by atoms with Crippen LogP contribution in [-0.4, -0.2) is 11.5 Å². The van der Waals surface area contributed by atoms with Gasteiger partial charge in [-0.1, -0.05) is 0 Å². The molecule has 12 heavy (non-hydrogen) atoms. The van der Waals surface area contributed by atoms with Crippen LogP contribution in [0.15, 0.2) is 11.8 Å². The molecule has 0 radical (unpaired) electrons. The molecule has 0 aliphatic carbocycles. The van der Waals surface area contributed by atoms with Gasteiger partial charge in [-0.2, -0.15) is 5.26 Å². The molecule has 68 valence electrons. The highest BCUT2D eigenvalue weighted by Gasteiger charge is 2.12. The highest BCUT2D eigenvalue weighted by atomic mass is 35.5. The maximum atomic E-state index is 8.63. The fourth-order valence-electron chi connectivity index (χ4n) is 0.626. The fraction of sp³-hybridized carbons (Fsp3) is 0.667. The standard InChI is InChI=1S/C9H14ClNO/c1-9(2,3)12-8(7-11)5-4-6-10/h5H,4,6H2,1-3H3/b8-5-. The van der Waals surface area contributed by atoms with E-state index in [-0.39, 0.29) is 5.60 Å². The SMILES string of the molecule is CC(C)(C)O/C(C#N)=C\CCCl. The first-order valence-corrected chi connectivity index (χ1v) is 4.38. The number of hydrogen-bond acceptors (Lipinski definition) is 2. The molecule has 0 fully saturated rings. The van der Waals surface area contributed by atoms with Crippen LogP contribution < -0.4 is 0 Å². The summed E-state index contributed by atoms with van der Waals surface area (Å²) in [6.45, 7) is 5.70. The van der Waals surface area contributed by atoms with Crippen LogP contribution >= 0.6 is 11.6 Å². The summed E-state index contributed by atoms with van der Waals surface area (Å²) in [4.78, 5) is 0. The lowest BCUT2D eigenvalue weighted by atomic mass is 10.2. The zero-order valence-corrected chi connectivity index (χ0v) is 8.48. The van der Waals surface area contributed by atoms with Crippen molar-refractivity contribution in [3.63, 3.8) is 0 Å². The molecule has 0 saturated heterocycles. The van der Waals surface area contributed by atoms with Crippen molar-refractivity contribution in [3.05, 3.63) is 11.8 Å². The second-order valence-corrected chi connectivity index (χ2v) is 3.75. The van der Waals surface area contributed by atoms with Gasteiger partial charge in [-0.15, -0.1) is 11.6 Å². The van der Waals surface area contributed by atoms with Gasteiger partial charge in [0, 0.05) is 5.88 Å². The molecule has 0 aromatic heterocycles. The second-order valence-electron chi connectivity index (χ2n) is 3.37. The minimum atomic E-state index is -0.312. The van der Waals surface area contributed by atoms with E-state index in [0.717, 1.165) is 0 Å². The summed E-state index contributed by atoms with van der Waals surface area (Å²) < 4.78 is 5.33. The molecule has 3 heteroatoms. The summed E-state index contributed by atoms with van der Waals surface area (Å²) in [7, 11) is 0. The van der Waals surface area contributed by atoms with Gasteiger partial charge in [-0.3, -0.25) is 0 Å². The minimum Gasteiger partial charge on any atom is -0.478 e. The van der Waals surface area contributed by atoms with Gasteiger partial charge in [-0.25, -0.2) is 0 Å². The quantitative estimate of drug-likeness (QED) is 0.387. The molecule has 0 saturated carbocycles. The topological polar surface area (TPSA) is 33.0 Å². The Balaban J connectivity index is 4.11. The molecular weight excluding hydrogens is 174 g/mol. The maximum Gasteiger partial charge on any atom is 0.193 e. The van der Waals surface area contributed by atoms with Crippen molar-refractivity contribution in [2.45, 2.75) is 32.8 Å². The van der Waals surface area contributed by atoms with E-state index in [1.54, 1.807) is 6.08 Å². The Hall–Kier alpha value is -0.680. The average Bonchev–Trinajstić information content (AvgIpc) is 1.95. The van der Waals surface area contributed by atoms with Gasteiger partial charge in [0.25, 0.3) is 0 Å². The molecule has 0 aromatic rings. The van der Waals surface area contributed by atoms with Crippen molar-refractivity contribution >= 4 is 11.6 Å². The highest BCUT2D eigenvalue weighted by molar-refractivity contribution is 6.17. The van der Waals surface area contributed by atoms with Gasteiger partial charge >= 0.3 is 0 Å². The zero-order valence-electron chi connectivity index (χ0n) is 7.72. The molecule has 0 amide bonds. The summed E-state index contributed by atoms with van der Waals surface area (Å²) in [5.41, 5.74) is -0.312. The third-order valence-electron chi connectivity index (χ3n) is 0.965. The van der Waals surface area contributed by atoms with Gasteiger partial charge in [0.2, 0.25) is 0 Å². The van der Waals surface area contributed by atoms with E-state index in [1.807, 2.05) is 26.8 Å². The summed E-state index contributed by atoms with van der Waals surface area (Å²) in [6.07, 6.45) is 2.37. The van der Waals surface area contributed by atoms with Gasteiger partial charge in [0.1, 0.15) is 11.7 Å². The average molecular weight is 188 g/mol. The smallest absolute Gasteiger partial charge is 0.193 e. The third kappa shape index (κ3) is 6.06.